The minimum Gasteiger partial charge on any atom is -0.457 e. The third-order valence-corrected chi connectivity index (χ3v) is 7.08. The first-order chi connectivity index (χ1) is 21.1. The van der Waals surface area contributed by atoms with Crippen LogP contribution in [0.15, 0.2) is 89.4 Å². The summed E-state index contributed by atoms with van der Waals surface area (Å²) in [6.07, 6.45) is 0. The minimum absolute atomic E-state index is 0.373. The topological polar surface area (TPSA) is 45.6 Å². The number of nitrogens with zero attached hydrogens (tertiary/aromatic N) is 2. The van der Waals surface area contributed by atoms with E-state index in [2.05, 4.69) is 53.3 Å². The molecule has 8 heteroatoms. The molecular formula is C36H38BBrN2O4. The molecule has 0 aliphatic carbocycles. The standard InChI is InChI=1S/C22H28BNO3.C14H10BrNO/c1-16(2)14-25-23(26-15-17(3)4)22-12-11-21(13-18(22)5)27-20-9-7-19(24-6)8-10-20;1-10-9-13(7-8-14(10)15)17-12-5-3-11(16-2)4-6-12/h7-13,16-17H,14-15H2,1-5H3;3-9H,1H3. The Labute approximate surface area is 270 Å². The van der Waals surface area contributed by atoms with Gasteiger partial charge in [-0.2, -0.15) is 0 Å². The van der Waals surface area contributed by atoms with Crippen molar-refractivity contribution < 1.29 is 18.8 Å². The number of aryl methyl sites for hydroxylation is 2. The molecule has 0 saturated carbocycles. The van der Waals surface area contributed by atoms with Gasteiger partial charge in [0.1, 0.15) is 23.0 Å². The second-order valence-corrected chi connectivity index (χ2v) is 12.0. The van der Waals surface area contributed by atoms with E-state index in [4.69, 9.17) is 31.9 Å². The van der Waals surface area contributed by atoms with Crippen LogP contribution < -0.4 is 14.9 Å². The lowest BCUT2D eigenvalue weighted by atomic mass is 9.75. The van der Waals surface area contributed by atoms with E-state index in [0.717, 1.165) is 38.3 Å². The van der Waals surface area contributed by atoms with Crippen molar-refractivity contribution in [3.8, 4) is 23.0 Å². The molecular weight excluding hydrogens is 615 g/mol. The van der Waals surface area contributed by atoms with Gasteiger partial charge >= 0.3 is 7.12 Å². The Morgan fingerprint density at radius 2 is 1.02 bits per heavy atom. The summed E-state index contributed by atoms with van der Waals surface area (Å²) >= 11 is 3.44. The van der Waals surface area contributed by atoms with Crippen molar-refractivity contribution in [3.63, 3.8) is 0 Å². The van der Waals surface area contributed by atoms with Gasteiger partial charge < -0.3 is 18.8 Å². The van der Waals surface area contributed by atoms with E-state index in [1.807, 2.05) is 50.2 Å². The molecule has 0 N–H and O–H groups in total. The predicted octanol–water partition coefficient (Wildman–Crippen LogP) is 10.5. The van der Waals surface area contributed by atoms with Crippen LogP contribution in [-0.4, -0.2) is 20.3 Å². The molecule has 0 spiro atoms. The van der Waals surface area contributed by atoms with Crippen LogP contribution in [0.3, 0.4) is 0 Å². The van der Waals surface area contributed by atoms with Crippen LogP contribution in [0.5, 0.6) is 23.0 Å². The van der Waals surface area contributed by atoms with Crippen LogP contribution in [-0.2, 0) is 9.31 Å². The zero-order valence-corrected chi connectivity index (χ0v) is 27.7. The fraction of sp³-hybridized carbons (Fsp3) is 0.278. The monoisotopic (exact) mass is 652 g/mol. The van der Waals surface area contributed by atoms with Crippen molar-refractivity contribution in [1.29, 1.82) is 0 Å². The number of hydrogen-bond donors (Lipinski definition) is 0. The van der Waals surface area contributed by atoms with E-state index in [-0.39, 0.29) is 7.12 Å². The summed E-state index contributed by atoms with van der Waals surface area (Å²) in [5, 5.41) is 0. The molecule has 0 aliphatic rings. The van der Waals surface area contributed by atoms with Crippen LogP contribution >= 0.6 is 15.9 Å². The van der Waals surface area contributed by atoms with Crippen molar-refractivity contribution in [3.05, 3.63) is 123 Å². The Kier molecular flexibility index (Phi) is 13.5. The molecule has 226 valence electrons. The van der Waals surface area contributed by atoms with Crippen molar-refractivity contribution in [2.75, 3.05) is 13.2 Å². The average Bonchev–Trinajstić information content (AvgIpc) is 3.00. The third-order valence-electron chi connectivity index (χ3n) is 6.19. The first-order valence-corrected chi connectivity index (χ1v) is 15.3. The average molecular weight is 653 g/mol. The summed E-state index contributed by atoms with van der Waals surface area (Å²) in [4.78, 5) is 6.72. The molecule has 0 saturated heterocycles. The highest BCUT2D eigenvalue weighted by molar-refractivity contribution is 9.10. The molecule has 0 unspecified atom stereocenters. The Balaban J connectivity index is 0.000000266. The summed E-state index contributed by atoms with van der Waals surface area (Å²) in [7, 11) is -0.373. The maximum Gasteiger partial charge on any atom is 0.494 e. The van der Waals surface area contributed by atoms with Gasteiger partial charge in [-0.05, 0) is 96.9 Å². The lowest BCUT2D eigenvalue weighted by Crippen LogP contribution is -2.40. The smallest absolute Gasteiger partial charge is 0.457 e. The molecule has 4 aromatic rings. The predicted molar refractivity (Wildman–Crippen MR) is 183 cm³/mol. The van der Waals surface area contributed by atoms with E-state index in [9.17, 15) is 0 Å². The van der Waals surface area contributed by atoms with Gasteiger partial charge in [-0.3, -0.25) is 0 Å². The normalized spacial score (nSPS) is 10.4. The lowest BCUT2D eigenvalue weighted by Gasteiger charge is -2.19. The van der Waals surface area contributed by atoms with Gasteiger partial charge in [0.2, 0.25) is 0 Å². The fourth-order valence-electron chi connectivity index (χ4n) is 3.89. The second kappa shape index (κ2) is 17.3. The summed E-state index contributed by atoms with van der Waals surface area (Å²) in [5.41, 5.74) is 4.42. The van der Waals surface area contributed by atoms with E-state index in [0.29, 0.717) is 42.2 Å². The minimum atomic E-state index is -0.373. The highest BCUT2D eigenvalue weighted by Crippen LogP contribution is 2.28. The molecule has 4 rings (SSSR count). The van der Waals surface area contributed by atoms with Gasteiger partial charge in [-0.15, -0.1) is 0 Å². The zero-order valence-electron chi connectivity index (χ0n) is 26.1. The maximum absolute atomic E-state index is 7.01. The Morgan fingerprint density at radius 3 is 1.41 bits per heavy atom. The highest BCUT2D eigenvalue weighted by atomic mass is 79.9. The third kappa shape index (κ3) is 11.2. The summed E-state index contributed by atoms with van der Waals surface area (Å²) in [6.45, 7) is 27.7. The number of ether oxygens (including phenoxy) is 2. The molecule has 0 radical (unpaired) electrons. The number of benzene rings is 4. The molecule has 0 atom stereocenters. The van der Waals surface area contributed by atoms with Gasteiger partial charge in [-0.1, -0.05) is 74.0 Å². The van der Waals surface area contributed by atoms with E-state index in [1.165, 1.54) is 0 Å². The molecule has 44 heavy (non-hydrogen) atoms. The second-order valence-electron chi connectivity index (χ2n) is 11.1. The molecule has 0 amide bonds. The summed E-state index contributed by atoms with van der Waals surface area (Å²) in [6, 6.07) is 25.9. The first-order valence-electron chi connectivity index (χ1n) is 14.5. The van der Waals surface area contributed by atoms with Gasteiger partial charge in [0.25, 0.3) is 0 Å². The Hall–Kier alpha value is -4.08. The molecule has 0 bridgehead atoms. The molecule has 4 aromatic carbocycles. The van der Waals surface area contributed by atoms with Crippen LogP contribution in [0.1, 0.15) is 38.8 Å². The van der Waals surface area contributed by atoms with E-state index >= 15 is 0 Å². The van der Waals surface area contributed by atoms with Crippen molar-refractivity contribution in [2.24, 2.45) is 11.8 Å². The summed E-state index contributed by atoms with van der Waals surface area (Å²) < 4.78 is 24.7. The van der Waals surface area contributed by atoms with Crippen LogP contribution in [0.4, 0.5) is 11.4 Å². The lowest BCUT2D eigenvalue weighted by molar-refractivity contribution is 0.172. The maximum atomic E-state index is 7.01. The van der Waals surface area contributed by atoms with Crippen LogP contribution in [0.2, 0.25) is 0 Å². The quantitative estimate of drug-likeness (QED) is 0.119. The number of hydrogen-bond acceptors (Lipinski definition) is 4. The Bertz CT molecular complexity index is 1560. The number of halogens is 1. The first kappa shape index (κ1) is 34.4. The molecule has 0 aliphatic heterocycles. The highest BCUT2D eigenvalue weighted by Gasteiger charge is 2.24. The molecule has 0 aromatic heterocycles. The largest absolute Gasteiger partial charge is 0.494 e. The molecule has 0 heterocycles. The van der Waals surface area contributed by atoms with Gasteiger partial charge in [0, 0.05) is 17.7 Å². The van der Waals surface area contributed by atoms with Crippen molar-refractivity contribution in [2.45, 2.75) is 41.5 Å². The SMILES string of the molecule is [C-]#[N+]c1ccc(Oc2ccc(B(OCC(C)C)OCC(C)C)c(C)c2)cc1.[C-]#[N+]c1ccc(Oc2ccc(Br)c(C)c2)cc1. The van der Waals surface area contributed by atoms with Crippen LogP contribution in [0, 0.1) is 38.8 Å². The van der Waals surface area contributed by atoms with Gasteiger partial charge in [0.05, 0.1) is 13.1 Å². The Morgan fingerprint density at radius 1 is 0.614 bits per heavy atom. The molecule has 0 fully saturated rings. The van der Waals surface area contributed by atoms with E-state index < -0.39 is 0 Å². The molecule has 6 nitrogen and oxygen atoms in total. The summed E-state index contributed by atoms with van der Waals surface area (Å²) in [5.74, 6) is 3.87. The van der Waals surface area contributed by atoms with Crippen molar-refractivity contribution >= 4 is 39.9 Å². The van der Waals surface area contributed by atoms with Crippen LogP contribution in [0.25, 0.3) is 9.69 Å². The van der Waals surface area contributed by atoms with Crippen molar-refractivity contribution in [1.82, 2.24) is 0 Å². The zero-order chi connectivity index (χ0) is 32.1. The number of rotatable bonds is 11. The van der Waals surface area contributed by atoms with Gasteiger partial charge in [-0.25, -0.2) is 9.69 Å². The fourth-order valence-corrected chi connectivity index (χ4v) is 4.14. The van der Waals surface area contributed by atoms with E-state index in [1.54, 1.807) is 48.5 Å². The van der Waals surface area contributed by atoms with Gasteiger partial charge in [0.15, 0.2) is 11.4 Å².